The Kier molecular flexibility index (Phi) is 2.51. The second kappa shape index (κ2) is 3.82. The van der Waals surface area contributed by atoms with Gasteiger partial charge < -0.3 is 5.11 Å². The van der Waals surface area contributed by atoms with E-state index in [0.717, 1.165) is 11.3 Å². The van der Waals surface area contributed by atoms with Crippen LogP contribution in [0.1, 0.15) is 17.0 Å². The quantitative estimate of drug-likeness (QED) is 0.802. The van der Waals surface area contributed by atoms with Crippen molar-refractivity contribution in [3.8, 4) is 5.69 Å². The third-order valence-electron chi connectivity index (χ3n) is 2.37. The van der Waals surface area contributed by atoms with Crippen molar-refractivity contribution in [1.29, 1.82) is 0 Å². The maximum absolute atomic E-state index is 9.09. The van der Waals surface area contributed by atoms with Crippen LogP contribution < -0.4 is 0 Å². The van der Waals surface area contributed by atoms with Crippen LogP contribution in [0.2, 0.25) is 0 Å². The van der Waals surface area contributed by atoms with Crippen molar-refractivity contribution in [2.45, 2.75) is 20.5 Å². The molecule has 0 fully saturated rings. The molecule has 0 saturated heterocycles. The number of aryl methyl sites for hydroxylation is 2. The first-order valence-electron chi connectivity index (χ1n) is 4.80. The summed E-state index contributed by atoms with van der Waals surface area (Å²) in [5.74, 6) is 0.557. The lowest BCUT2D eigenvalue weighted by Gasteiger charge is -2.08. The molecule has 1 heterocycles. The van der Waals surface area contributed by atoms with Crippen LogP contribution in [0.3, 0.4) is 0 Å². The Bertz CT molecular complexity index is 476. The molecule has 0 amide bonds. The van der Waals surface area contributed by atoms with Gasteiger partial charge >= 0.3 is 0 Å². The number of aliphatic hydroxyl groups excluding tert-OH is 1. The van der Waals surface area contributed by atoms with Crippen molar-refractivity contribution >= 4 is 0 Å². The topological polar surface area (TPSA) is 50.9 Å². The van der Waals surface area contributed by atoms with Crippen LogP contribution in [0.4, 0.5) is 0 Å². The van der Waals surface area contributed by atoms with Gasteiger partial charge in [-0.3, -0.25) is 4.57 Å². The molecule has 0 spiro atoms. The molecule has 0 aliphatic carbocycles. The van der Waals surface area contributed by atoms with Gasteiger partial charge in [0, 0.05) is 0 Å². The lowest BCUT2D eigenvalue weighted by atomic mass is 10.1. The summed E-state index contributed by atoms with van der Waals surface area (Å²) >= 11 is 0. The third-order valence-corrected chi connectivity index (χ3v) is 2.37. The first-order valence-corrected chi connectivity index (χ1v) is 4.80. The molecule has 4 heteroatoms. The minimum absolute atomic E-state index is 0.104. The fourth-order valence-corrected chi connectivity index (χ4v) is 1.64. The highest BCUT2D eigenvalue weighted by atomic mass is 16.3. The van der Waals surface area contributed by atoms with Crippen molar-refractivity contribution in [1.82, 2.24) is 14.8 Å². The highest BCUT2D eigenvalue weighted by Crippen LogP contribution is 2.16. The van der Waals surface area contributed by atoms with E-state index >= 15 is 0 Å². The maximum atomic E-state index is 9.09. The van der Waals surface area contributed by atoms with Crippen molar-refractivity contribution in [2.24, 2.45) is 0 Å². The normalized spacial score (nSPS) is 10.6. The smallest absolute Gasteiger partial charge is 0.163 e. The summed E-state index contributed by atoms with van der Waals surface area (Å²) in [6.07, 6.45) is 1.61. The summed E-state index contributed by atoms with van der Waals surface area (Å²) in [7, 11) is 0. The first kappa shape index (κ1) is 9.86. The fraction of sp³-hybridized carbons (Fsp3) is 0.273. The third kappa shape index (κ3) is 1.76. The van der Waals surface area contributed by atoms with Crippen LogP contribution in [0.25, 0.3) is 5.69 Å². The Morgan fingerprint density at radius 2 is 2.13 bits per heavy atom. The Balaban J connectivity index is 2.54. The average molecular weight is 203 g/mol. The molecule has 15 heavy (non-hydrogen) atoms. The van der Waals surface area contributed by atoms with E-state index in [4.69, 9.17) is 5.11 Å². The van der Waals surface area contributed by atoms with E-state index in [0.29, 0.717) is 5.82 Å². The molecule has 78 valence electrons. The van der Waals surface area contributed by atoms with Crippen molar-refractivity contribution in [2.75, 3.05) is 0 Å². The zero-order valence-corrected chi connectivity index (χ0v) is 8.81. The van der Waals surface area contributed by atoms with Gasteiger partial charge in [-0.15, -0.1) is 10.2 Å². The highest BCUT2D eigenvalue weighted by molar-refractivity contribution is 5.42. The predicted octanol–water partition coefficient (Wildman–Crippen LogP) is 1.38. The van der Waals surface area contributed by atoms with Gasteiger partial charge in [-0.1, -0.05) is 17.7 Å². The Morgan fingerprint density at radius 3 is 2.80 bits per heavy atom. The molecule has 1 aromatic heterocycles. The minimum Gasteiger partial charge on any atom is -0.388 e. The molecule has 0 atom stereocenters. The SMILES string of the molecule is Cc1ccc(-n2cnnc2CO)c(C)c1. The zero-order chi connectivity index (χ0) is 10.8. The first-order chi connectivity index (χ1) is 7.22. The summed E-state index contributed by atoms with van der Waals surface area (Å²) in [4.78, 5) is 0. The van der Waals surface area contributed by atoms with Crippen LogP contribution in [0, 0.1) is 13.8 Å². The van der Waals surface area contributed by atoms with Crippen LogP contribution >= 0.6 is 0 Å². The van der Waals surface area contributed by atoms with Gasteiger partial charge in [0.1, 0.15) is 12.9 Å². The second-order valence-corrected chi connectivity index (χ2v) is 3.57. The summed E-state index contributed by atoms with van der Waals surface area (Å²) in [5, 5.41) is 16.7. The fourth-order valence-electron chi connectivity index (χ4n) is 1.64. The van der Waals surface area contributed by atoms with Gasteiger partial charge in [0.05, 0.1) is 5.69 Å². The number of hydrogen-bond donors (Lipinski definition) is 1. The molecule has 0 bridgehead atoms. The number of hydrogen-bond acceptors (Lipinski definition) is 3. The Labute approximate surface area is 88.2 Å². The van der Waals surface area contributed by atoms with Crippen molar-refractivity contribution in [3.05, 3.63) is 41.5 Å². The van der Waals surface area contributed by atoms with Crippen LogP contribution in [0.5, 0.6) is 0 Å². The van der Waals surface area contributed by atoms with Gasteiger partial charge in [0.25, 0.3) is 0 Å². The van der Waals surface area contributed by atoms with E-state index in [9.17, 15) is 0 Å². The van der Waals surface area contributed by atoms with Gasteiger partial charge in [-0.05, 0) is 25.5 Å². The average Bonchev–Trinajstić information content (AvgIpc) is 2.65. The zero-order valence-electron chi connectivity index (χ0n) is 8.81. The number of nitrogens with zero attached hydrogens (tertiary/aromatic N) is 3. The summed E-state index contributed by atoms with van der Waals surface area (Å²) < 4.78 is 1.80. The monoisotopic (exact) mass is 203 g/mol. The molecule has 2 aromatic rings. The molecule has 0 unspecified atom stereocenters. The molecule has 0 aliphatic rings. The second-order valence-electron chi connectivity index (χ2n) is 3.57. The number of benzene rings is 1. The predicted molar refractivity (Wildman–Crippen MR) is 56.8 cm³/mol. The lowest BCUT2D eigenvalue weighted by Crippen LogP contribution is -2.02. The molecule has 0 saturated carbocycles. The lowest BCUT2D eigenvalue weighted by molar-refractivity contribution is 0.269. The Morgan fingerprint density at radius 1 is 1.33 bits per heavy atom. The molecular weight excluding hydrogens is 190 g/mol. The van der Waals surface area contributed by atoms with Gasteiger partial charge in [-0.25, -0.2) is 0 Å². The molecule has 1 N–H and O–H groups in total. The Hall–Kier alpha value is -1.68. The summed E-state index contributed by atoms with van der Waals surface area (Å²) in [5.41, 5.74) is 3.37. The van der Waals surface area contributed by atoms with E-state index < -0.39 is 0 Å². The number of aliphatic hydroxyl groups is 1. The van der Waals surface area contributed by atoms with E-state index in [1.807, 2.05) is 19.1 Å². The molecule has 0 radical (unpaired) electrons. The maximum Gasteiger partial charge on any atom is 0.163 e. The van der Waals surface area contributed by atoms with Crippen LogP contribution in [-0.2, 0) is 6.61 Å². The molecular formula is C11H13N3O. The highest BCUT2D eigenvalue weighted by Gasteiger charge is 2.06. The molecule has 2 rings (SSSR count). The van der Waals surface area contributed by atoms with Crippen molar-refractivity contribution < 1.29 is 5.11 Å². The van der Waals surface area contributed by atoms with Gasteiger partial charge in [0.15, 0.2) is 5.82 Å². The number of aromatic nitrogens is 3. The summed E-state index contributed by atoms with van der Waals surface area (Å²) in [6, 6.07) is 6.13. The van der Waals surface area contributed by atoms with E-state index in [2.05, 4.69) is 23.2 Å². The number of rotatable bonds is 2. The van der Waals surface area contributed by atoms with E-state index in [1.54, 1.807) is 10.9 Å². The van der Waals surface area contributed by atoms with Crippen LogP contribution in [-0.4, -0.2) is 19.9 Å². The standard InChI is InChI=1S/C11H13N3O/c1-8-3-4-10(9(2)5-8)14-7-12-13-11(14)6-15/h3-5,7,15H,6H2,1-2H3. The molecule has 4 nitrogen and oxygen atoms in total. The van der Waals surface area contributed by atoms with E-state index in [-0.39, 0.29) is 6.61 Å². The van der Waals surface area contributed by atoms with Gasteiger partial charge in [-0.2, -0.15) is 0 Å². The molecule has 1 aromatic carbocycles. The van der Waals surface area contributed by atoms with Gasteiger partial charge in [0.2, 0.25) is 0 Å². The summed E-state index contributed by atoms with van der Waals surface area (Å²) in [6.45, 7) is 3.98. The van der Waals surface area contributed by atoms with E-state index in [1.165, 1.54) is 5.56 Å². The largest absolute Gasteiger partial charge is 0.388 e. The molecule has 0 aliphatic heterocycles. The van der Waals surface area contributed by atoms with Crippen LogP contribution in [0.15, 0.2) is 24.5 Å². The minimum atomic E-state index is -0.104. The van der Waals surface area contributed by atoms with Crippen molar-refractivity contribution in [3.63, 3.8) is 0 Å².